The van der Waals surface area contributed by atoms with E-state index < -0.39 is 0 Å². The molecule has 7 heteroatoms. The zero-order chi connectivity index (χ0) is 18.1. The van der Waals surface area contributed by atoms with E-state index in [4.69, 9.17) is 9.47 Å². The highest BCUT2D eigenvalue weighted by atomic mass is 127. The summed E-state index contributed by atoms with van der Waals surface area (Å²) in [6, 6.07) is 5.75. The van der Waals surface area contributed by atoms with E-state index in [1.807, 2.05) is 18.2 Å². The number of hydrogen-bond acceptors (Lipinski definition) is 4. The first kappa shape index (κ1) is 22.8. The first-order valence-electron chi connectivity index (χ1n) is 9.12. The SMILES string of the molecule is CCCN1CCC(CNC(=NC)Nc2ccc(OC)c(OC)c2)CC1.I. The van der Waals surface area contributed by atoms with Gasteiger partial charge in [0, 0.05) is 25.3 Å². The molecule has 0 spiro atoms. The van der Waals surface area contributed by atoms with Crippen LogP contribution in [0.2, 0.25) is 0 Å². The third kappa shape index (κ3) is 6.83. The van der Waals surface area contributed by atoms with Crippen molar-refractivity contribution in [3.8, 4) is 11.5 Å². The van der Waals surface area contributed by atoms with Crippen LogP contribution in [-0.4, -0.2) is 58.3 Å². The minimum atomic E-state index is 0. The van der Waals surface area contributed by atoms with Crippen molar-refractivity contribution in [3.63, 3.8) is 0 Å². The molecule has 26 heavy (non-hydrogen) atoms. The fourth-order valence-corrected chi connectivity index (χ4v) is 3.20. The quantitative estimate of drug-likeness (QED) is 0.359. The fraction of sp³-hybridized carbons (Fsp3) is 0.632. The molecule has 1 saturated heterocycles. The molecule has 1 aliphatic rings. The van der Waals surface area contributed by atoms with E-state index in [2.05, 4.69) is 27.4 Å². The number of rotatable bonds is 7. The minimum absolute atomic E-state index is 0. The summed E-state index contributed by atoms with van der Waals surface area (Å²) in [6.07, 6.45) is 3.74. The van der Waals surface area contributed by atoms with Gasteiger partial charge in [-0.05, 0) is 56.9 Å². The summed E-state index contributed by atoms with van der Waals surface area (Å²) in [5, 5.41) is 6.77. The molecule has 2 N–H and O–H groups in total. The Morgan fingerprint density at radius 1 is 1.19 bits per heavy atom. The molecular weight excluding hydrogens is 443 g/mol. The van der Waals surface area contributed by atoms with Gasteiger partial charge in [0.2, 0.25) is 0 Å². The van der Waals surface area contributed by atoms with E-state index in [9.17, 15) is 0 Å². The topological polar surface area (TPSA) is 58.1 Å². The van der Waals surface area contributed by atoms with Crippen LogP contribution in [0.5, 0.6) is 11.5 Å². The largest absolute Gasteiger partial charge is 0.493 e. The molecule has 0 aliphatic carbocycles. The van der Waals surface area contributed by atoms with Gasteiger partial charge in [0.25, 0.3) is 0 Å². The Balaban J connectivity index is 0.00000338. The zero-order valence-electron chi connectivity index (χ0n) is 16.4. The van der Waals surface area contributed by atoms with Crippen LogP contribution in [0.3, 0.4) is 0 Å². The van der Waals surface area contributed by atoms with Gasteiger partial charge >= 0.3 is 0 Å². The third-order valence-corrected chi connectivity index (χ3v) is 4.68. The van der Waals surface area contributed by atoms with Gasteiger partial charge in [-0.25, -0.2) is 0 Å². The van der Waals surface area contributed by atoms with Gasteiger partial charge in [-0.1, -0.05) is 6.92 Å². The van der Waals surface area contributed by atoms with Crippen LogP contribution >= 0.6 is 24.0 Å². The fourth-order valence-electron chi connectivity index (χ4n) is 3.20. The molecule has 0 bridgehead atoms. The third-order valence-electron chi connectivity index (χ3n) is 4.68. The van der Waals surface area contributed by atoms with Crippen molar-refractivity contribution >= 4 is 35.6 Å². The van der Waals surface area contributed by atoms with Crippen LogP contribution in [0.4, 0.5) is 5.69 Å². The smallest absolute Gasteiger partial charge is 0.195 e. The second-order valence-corrected chi connectivity index (χ2v) is 6.43. The molecule has 0 radical (unpaired) electrons. The summed E-state index contributed by atoms with van der Waals surface area (Å²) in [5.74, 6) is 2.90. The molecule has 0 amide bonds. The van der Waals surface area contributed by atoms with Crippen molar-refractivity contribution in [2.75, 3.05) is 52.8 Å². The van der Waals surface area contributed by atoms with Crippen molar-refractivity contribution in [2.24, 2.45) is 10.9 Å². The van der Waals surface area contributed by atoms with Crippen molar-refractivity contribution in [3.05, 3.63) is 18.2 Å². The number of methoxy groups -OCH3 is 2. The monoisotopic (exact) mass is 476 g/mol. The standard InChI is InChI=1S/C19H32N4O2.HI/c1-5-10-23-11-8-15(9-12-23)14-21-19(20-2)22-16-6-7-17(24-3)18(13-16)25-4;/h6-7,13,15H,5,8-12,14H2,1-4H3,(H2,20,21,22);1H. The molecular formula is C19H33IN4O2. The van der Waals surface area contributed by atoms with Crippen molar-refractivity contribution in [2.45, 2.75) is 26.2 Å². The average molecular weight is 476 g/mol. The second-order valence-electron chi connectivity index (χ2n) is 6.43. The maximum atomic E-state index is 5.35. The number of guanidine groups is 1. The van der Waals surface area contributed by atoms with Gasteiger partial charge in [-0.15, -0.1) is 24.0 Å². The molecule has 0 aromatic heterocycles. The number of likely N-dealkylation sites (tertiary alicyclic amines) is 1. The number of nitrogens with zero attached hydrogens (tertiary/aromatic N) is 2. The highest BCUT2D eigenvalue weighted by molar-refractivity contribution is 14.0. The zero-order valence-corrected chi connectivity index (χ0v) is 18.7. The summed E-state index contributed by atoms with van der Waals surface area (Å²) >= 11 is 0. The predicted octanol–water partition coefficient (Wildman–Crippen LogP) is 3.43. The lowest BCUT2D eigenvalue weighted by Gasteiger charge is -2.32. The average Bonchev–Trinajstić information content (AvgIpc) is 2.66. The summed E-state index contributed by atoms with van der Waals surface area (Å²) in [4.78, 5) is 6.88. The normalized spacial score (nSPS) is 15.9. The van der Waals surface area contributed by atoms with E-state index in [1.54, 1.807) is 21.3 Å². The van der Waals surface area contributed by atoms with E-state index in [1.165, 1.54) is 38.9 Å². The minimum Gasteiger partial charge on any atom is -0.493 e. The van der Waals surface area contributed by atoms with Gasteiger partial charge in [-0.3, -0.25) is 4.99 Å². The molecule has 148 valence electrons. The summed E-state index contributed by atoms with van der Waals surface area (Å²) in [7, 11) is 5.07. The van der Waals surface area contributed by atoms with Crippen molar-refractivity contribution in [1.82, 2.24) is 10.2 Å². The Hall–Kier alpha value is -1.22. The molecule has 2 rings (SSSR count). The number of halogens is 1. The van der Waals surface area contributed by atoms with Crippen LogP contribution in [0.15, 0.2) is 23.2 Å². The Bertz CT molecular complexity index is 560. The highest BCUT2D eigenvalue weighted by Gasteiger charge is 2.18. The van der Waals surface area contributed by atoms with Gasteiger partial charge in [0.15, 0.2) is 17.5 Å². The predicted molar refractivity (Wildman–Crippen MR) is 119 cm³/mol. The maximum Gasteiger partial charge on any atom is 0.195 e. The van der Waals surface area contributed by atoms with E-state index in [-0.39, 0.29) is 24.0 Å². The lowest BCUT2D eigenvalue weighted by molar-refractivity contribution is 0.185. The van der Waals surface area contributed by atoms with Gasteiger partial charge in [-0.2, -0.15) is 0 Å². The Labute approximate surface area is 174 Å². The van der Waals surface area contributed by atoms with Crippen molar-refractivity contribution < 1.29 is 9.47 Å². The van der Waals surface area contributed by atoms with Gasteiger partial charge < -0.3 is 25.0 Å². The van der Waals surface area contributed by atoms with Gasteiger partial charge in [0.1, 0.15) is 0 Å². The molecule has 1 aromatic rings. The molecule has 1 aliphatic heterocycles. The van der Waals surface area contributed by atoms with E-state index in [0.717, 1.165) is 23.9 Å². The van der Waals surface area contributed by atoms with Gasteiger partial charge in [0.05, 0.1) is 14.2 Å². The molecule has 6 nitrogen and oxygen atoms in total. The number of aliphatic imine (C=N–C) groups is 1. The number of nitrogens with one attached hydrogen (secondary N) is 2. The number of piperidine rings is 1. The van der Waals surface area contributed by atoms with Crippen LogP contribution in [-0.2, 0) is 0 Å². The first-order valence-corrected chi connectivity index (χ1v) is 9.12. The number of anilines is 1. The molecule has 1 fully saturated rings. The molecule has 0 saturated carbocycles. The van der Waals surface area contributed by atoms with Crippen LogP contribution in [0, 0.1) is 5.92 Å². The number of ether oxygens (including phenoxy) is 2. The molecule has 0 atom stereocenters. The van der Waals surface area contributed by atoms with E-state index >= 15 is 0 Å². The Kier molecular flexibility index (Phi) is 10.7. The summed E-state index contributed by atoms with van der Waals surface area (Å²) in [5.41, 5.74) is 0.920. The number of benzene rings is 1. The second kappa shape index (κ2) is 12.2. The lowest BCUT2D eigenvalue weighted by Crippen LogP contribution is -2.40. The Morgan fingerprint density at radius 2 is 1.88 bits per heavy atom. The molecule has 1 heterocycles. The molecule has 1 aromatic carbocycles. The van der Waals surface area contributed by atoms with Crippen LogP contribution < -0.4 is 20.1 Å². The van der Waals surface area contributed by atoms with Crippen LogP contribution in [0.25, 0.3) is 0 Å². The summed E-state index contributed by atoms with van der Waals surface area (Å²) < 4.78 is 10.6. The first-order chi connectivity index (χ1) is 12.2. The highest BCUT2D eigenvalue weighted by Crippen LogP contribution is 2.29. The summed E-state index contributed by atoms with van der Waals surface area (Å²) in [6.45, 7) is 6.84. The van der Waals surface area contributed by atoms with Crippen molar-refractivity contribution in [1.29, 1.82) is 0 Å². The van der Waals surface area contributed by atoms with Crippen LogP contribution in [0.1, 0.15) is 26.2 Å². The molecule has 0 unspecified atom stereocenters. The van der Waals surface area contributed by atoms with E-state index in [0.29, 0.717) is 11.7 Å². The lowest BCUT2D eigenvalue weighted by atomic mass is 9.97. The maximum absolute atomic E-state index is 5.35. The Morgan fingerprint density at radius 3 is 2.46 bits per heavy atom. The number of hydrogen-bond donors (Lipinski definition) is 2.